The van der Waals surface area contributed by atoms with Crippen LogP contribution in [-0.2, 0) is 21.6 Å². The van der Waals surface area contributed by atoms with Gasteiger partial charge in [-0.3, -0.25) is 9.59 Å². The van der Waals surface area contributed by atoms with E-state index in [0.29, 0.717) is 29.2 Å². The number of carbonyl (C=O) groups is 2. The average molecular weight is 432 g/mol. The van der Waals surface area contributed by atoms with Crippen molar-refractivity contribution in [1.29, 1.82) is 0 Å². The number of rotatable bonds is 7. The molecular formula is C26H22ClNO3. The number of nitrogens with zero attached hydrogens (tertiary/aromatic N) is 1. The zero-order chi connectivity index (χ0) is 21.8. The van der Waals surface area contributed by atoms with Crippen LogP contribution in [0.3, 0.4) is 0 Å². The SMILES string of the molecule is O=C(/C=C/c1ccccc1)CC1(O)C(=O)N(CCc2ccccc2)c2ccc(Cl)cc21. The third-order valence-corrected chi connectivity index (χ3v) is 5.69. The average Bonchev–Trinajstić information content (AvgIpc) is 2.98. The maximum Gasteiger partial charge on any atom is 0.264 e. The lowest BCUT2D eigenvalue weighted by molar-refractivity contribution is -0.140. The predicted molar refractivity (Wildman–Crippen MR) is 123 cm³/mol. The van der Waals surface area contributed by atoms with Crippen molar-refractivity contribution in [2.24, 2.45) is 0 Å². The fourth-order valence-corrected chi connectivity index (χ4v) is 4.04. The molecule has 1 N–H and O–H groups in total. The zero-order valence-corrected chi connectivity index (χ0v) is 17.6. The second-order valence-corrected chi connectivity index (χ2v) is 8.04. The standard InChI is InChI=1S/C26H22ClNO3/c27-21-12-14-24-23(17-21)26(31,18-22(29)13-11-19-7-3-1-4-8-19)25(30)28(24)16-15-20-9-5-2-6-10-20/h1-14,17,31H,15-16,18H2/b13-11+. The van der Waals surface area contributed by atoms with Crippen molar-refractivity contribution < 1.29 is 14.7 Å². The van der Waals surface area contributed by atoms with Gasteiger partial charge in [0.15, 0.2) is 11.4 Å². The summed E-state index contributed by atoms with van der Waals surface area (Å²) in [5, 5.41) is 11.8. The van der Waals surface area contributed by atoms with Crippen LogP contribution in [0.15, 0.2) is 84.9 Å². The minimum Gasteiger partial charge on any atom is -0.375 e. The van der Waals surface area contributed by atoms with Gasteiger partial charge < -0.3 is 10.0 Å². The molecule has 3 aromatic carbocycles. The number of allylic oxidation sites excluding steroid dienone is 1. The van der Waals surface area contributed by atoms with Crippen molar-refractivity contribution in [1.82, 2.24) is 0 Å². The summed E-state index contributed by atoms with van der Waals surface area (Å²) < 4.78 is 0. The van der Waals surface area contributed by atoms with Crippen molar-refractivity contribution in [3.63, 3.8) is 0 Å². The molecule has 0 aromatic heterocycles. The van der Waals surface area contributed by atoms with Crippen LogP contribution in [0.5, 0.6) is 0 Å². The van der Waals surface area contributed by atoms with Crippen molar-refractivity contribution in [3.05, 3.63) is 107 Å². The van der Waals surface area contributed by atoms with Gasteiger partial charge in [0.1, 0.15) is 0 Å². The molecule has 156 valence electrons. The normalized spacial score (nSPS) is 17.9. The van der Waals surface area contributed by atoms with Gasteiger partial charge in [0, 0.05) is 17.1 Å². The molecule has 0 fully saturated rings. The summed E-state index contributed by atoms with van der Waals surface area (Å²) in [6.45, 7) is 0.397. The number of hydrogen-bond acceptors (Lipinski definition) is 3. The smallest absolute Gasteiger partial charge is 0.264 e. The molecule has 0 saturated heterocycles. The monoisotopic (exact) mass is 431 g/mol. The molecule has 0 aliphatic carbocycles. The number of fused-ring (bicyclic) bond motifs is 1. The minimum atomic E-state index is -1.94. The number of hydrogen-bond donors (Lipinski definition) is 1. The highest BCUT2D eigenvalue weighted by molar-refractivity contribution is 6.31. The molecule has 1 heterocycles. The summed E-state index contributed by atoms with van der Waals surface area (Å²) in [5.74, 6) is -0.835. The first-order valence-electron chi connectivity index (χ1n) is 10.1. The van der Waals surface area contributed by atoms with Gasteiger partial charge in [-0.25, -0.2) is 0 Å². The van der Waals surface area contributed by atoms with Gasteiger partial charge in [0.2, 0.25) is 0 Å². The highest BCUT2D eigenvalue weighted by atomic mass is 35.5. The molecule has 4 rings (SSSR count). The largest absolute Gasteiger partial charge is 0.375 e. The summed E-state index contributed by atoms with van der Waals surface area (Å²) in [7, 11) is 0. The van der Waals surface area contributed by atoms with Gasteiger partial charge in [0.05, 0.1) is 12.1 Å². The Labute approximate surface area is 186 Å². The maximum absolute atomic E-state index is 13.3. The van der Waals surface area contributed by atoms with E-state index in [-0.39, 0.29) is 12.2 Å². The highest BCUT2D eigenvalue weighted by Crippen LogP contribution is 2.43. The zero-order valence-electron chi connectivity index (χ0n) is 16.9. The molecule has 1 atom stereocenters. The molecule has 1 unspecified atom stereocenters. The van der Waals surface area contributed by atoms with Crippen LogP contribution in [0.1, 0.15) is 23.1 Å². The predicted octanol–water partition coefficient (Wildman–Crippen LogP) is 4.79. The van der Waals surface area contributed by atoms with E-state index in [2.05, 4.69) is 0 Å². The molecule has 5 heteroatoms. The van der Waals surface area contributed by atoms with E-state index in [0.717, 1.165) is 11.1 Å². The molecule has 3 aromatic rings. The van der Waals surface area contributed by atoms with Crippen molar-refractivity contribution in [2.45, 2.75) is 18.4 Å². The minimum absolute atomic E-state index is 0.337. The third-order valence-electron chi connectivity index (χ3n) is 5.45. The maximum atomic E-state index is 13.3. The van der Waals surface area contributed by atoms with Crippen molar-refractivity contribution in [2.75, 3.05) is 11.4 Å². The lowest BCUT2D eigenvalue weighted by atomic mass is 9.89. The molecule has 0 bridgehead atoms. The molecule has 0 spiro atoms. The number of benzene rings is 3. The molecule has 31 heavy (non-hydrogen) atoms. The van der Waals surface area contributed by atoms with Crippen molar-refractivity contribution in [3.8, 4) is 0 Å². The Balaban J connectivity index is 1.58. The molecule has 1 aliphatic rings. The van der Waals surface area contributed by atoms with Gasteiger partial charge in [-0.05, 0) is 41.8 Å². The Hall–Kier alpha value is -3.21. The summed E-state index contributed by atoms with van der Waals surface area (Å²) >= 11 is 6.16. The number of carbonyl (C=O) groups excluding carboxylic acids is 2. The number of anilines is 1. The Kier molecular flexibility index (Phi) is 6.03. The number of ketones is 1. The third kappa shape index (κ3) is 4.46. The number of aliphatic hydroxyl groups is 1. The first-order chi connectivity index (χ1) is 15.0. The van der Waals surface area contributed by atoms with Gasteiger partial charge in [-0.15, -0.1) is 0 Å². The highest BCUT2D eigenvalue weighted by Gasteiger charge is 2.50. The first-order valence-corrected chi connectivity index (χ1v) is 10.5. The summed E-state index contributed by atoms with van der Waals surface area (Å²) in [5.41, 5.74) is 0.985. The Morgan fingerprint density at radius 1 is 1.00 bits per heavy atom. The van der Waals surface area contributed by atoms with Crippen LogP contribution < -0.4 is 4.90 Å². The fraction of sp³-hybridized carbons (Fsp3) is 0.154. The van der Waals surface area contributed by atoms with Gasteiger partial charge in [0.25, 0.3) is 5.91 Å². The topological polar surface area (TPSA) is 57.6 Å². The van der Waals surface area contributed by atoms with Crippen LogP contribution in [0.25, 0.3) is 6.08 Å². The number of amides is 1. The summed E-state index contributed by atoms with van der Waals surface area (Å²) in [4.78, 5) is 27.5. The lowest BCUT2D eigenvalue weighted by Crippen LogP contribution is -2.42. The van der Waals surface area contributed by atoms with E-state index in [1.165, 1.54) is 6.08 Å². The van der Waals surface area contributed by atoms with E-state index in [9.17, 15) is 14.7 Å². The quantitative estimate of drug-likeness (QED) is 0.547. The van der Waals surface area contributed by atoms with E-state index < -0.39 is 11.5 Å². The molecule has 4 nitrogen and oxygen atoms in total. The number of halogens is 1. The summed E-state index contributed by atoms with van der Waals surface area (Å²) in [6.07, 6.45) is 3.37. The van der Waals surface area contributed by atoms with Gasteiger partial charge >= 0.3 is 0 Å². The first kappa shape index (κ1) is 21.0. The lowest BCUT2D eigenvalue weighted by Gasteiger charge is -2.22. The van der Waals surface area contributed by atoms with Crippen LogP contribution in [0.2, 0.25) is 5.02 Å². The van der Waals surface area contributed by atoms with Crippen LogP contribution in [-0.4, -0.2) is 23.3 Å². The second kappa shape index (κ2) is 8.88. The van der Waals surface area contributed by atoms with E-state index in [1.54, 1.807) is 29.2 Å². The van der Waals surface area contributed by atoms with Crippen LogP contribution >= 0.6 is 11.6 Å². The van der Waals surface area contributed by atoms with Crippen LogP contribution in [0.4, 0.5) is 5.69 Å². The summed E-state index contributed by atoms with van der Waals surface area (Å²) in [6, 6.07) is 24.2. The Bertz CT molecular complexity index is 1130. The van der Waals surface area contributed by atoms with Gasteiger partial charge in [-0.1, -0.05) is 78.3 Å². The second-order valence-electron chi connectivity index (χ2n) is 7.60. The molecule has 1 amide bonds. The Morgan fingerprint density at radius 2 is 1.68 bits per heavy atom. The van der Waals surface area contributed by atoms with E-state index >= 15 is 0 Å². The molecule has 0 saturated carbocycles. The van der Waals surface area contributed by atoms with E-state index in [1.807, 2.05) is 60.7 Å². The fourth-order valence-electron chi connectivity index (χ4n) is 3.87. The van der Waals surface area contributed by atoms with E-state index in [4.69, 9.17) is 11.6 Å². The van der Waals surface area contributed by atoms with Crippen LogP contribution in [0, 0.1) is 0 Å². The molecule has 0 radical (unpaired) electrons. The molecular weight excluding hydrogens is 410 g/mol. The van der Waals surface area contributed by atoms with Gasteiger partial charge in [-0.2, -0.15) is 0 Å². The molecule has 1 aliphatic heterocycles. The van der Waals surface area contributed by atoms with Crippen molar-refractivity contribution >= 4 is 35.1 Å². The Morgan fingerprint density at radius 3 is 2.39 bits per heavy atom.